The molecule has 1 fully saturated rings. The summed E-state index contributed by atoms with van der Waals surface area (Å²) < 4.78 is 33.0. The number of sulfonamides is 1. The highest BCUT2D eigenvalue weighted by molar-refractivity contribution is 7.89. The molecular formula is C14H24N2O3S2. The number of nitrogens with one attached hydrogen (secondary N) is 2. The molecule has 1 aliphatic heterocycles. The van der Waals surface area contributed by atoms with Gasteiger partial charge in [0.15, 0.2) is 0 Å². The molecule has 7 heteroatoms. The van der Waals surface area contributed by atoms with E-state index in [-0.39, 0.29) is 6.04 Å². The van der Waals surface area contributed by atoms with Crippen LogP contribution in [-0.4, -0.2) is 34.2 Å². The van der Waals surface area contributed by atoms with Gasteiger partial charge in [-0.2, -0.15) is 0 Å². The summed E-state index contributed by atoms with van der Waals surface area (Å²) in [6, 6.07) is 1.70. The largest absolute Gasteiger partial charge is 0.381 e. The van der Waals surface area contributed by atoms with E-state index < -0.39 is 10.0 Å². The van der Waals surface area contributed by atoms with Crippen LogP contribution in [0.15, 0.2) is 16.3 Å². The molecule has 0 aliphatic carbocycles. The van der Waals surface area contributed by atoms with Crippen molar-refractivity contribution in [2.75, 3.05) is 19.8 Å². The van der Waals surface area contributed by atoms with Gasteiger partial charge in [0.25, 0.3) is 0 Å². The molecule has 1 aliphatic rings. The number of thiophene rings is 1. The summed E-state index contributed by atoms with van der Waals surface area (Å²) in [6.45, 7) is 7.01. The minimum absolute atomic E-state index is 0.0592. The third-order valence-corrected chi connectivity index (χ3v) is 6.43. The van der Waals surface area contributed by atoms with E-state index in [0.717, 1.165) is 37.5 Å². The number of rotatable bonds is 7. The fourth-order valence-corrected chi connectivity index (χ4v) is 5.02. The van der Waals surface area contributed by atoms with Crippen LogP contribution in [0.5, 0.6) is 0 Å². The number of hydrogen-bond acceptors (Lipinski definition) is 5. The van der Waals surface area contributed by atoms with Crippen LogP contribution in [0.1, 0.15) is 31.6 Å². The Labute approximate surface area is 131 Å². The van der Waals surface area contributed by atoms with E-state index in [1.807, 2.05) is 13.8 Å². The van der Waals surface area contributed by atoms with Gasteiger partial charge in [0.05, 0.1) is 4.90 Å². The van der Waals surface area contributed by atoms with Gasteiger partial charge in [-0.05, 0) is 38.3 Å². The predicted molar refractivity (Wildman–Crippen MR) is 85.0 cm³/mol. The lowest BCUT2D eigenvalue weighted by atomic mass is 9.94. The van der Waals surface area contributed by atoms with Gasteiger partial charge in [-0.25, -0.2) is 13.1 Å². The van der Waals surface area contributed by atoms with Gasteiger partial charge in [-0.3, -0.25) is 0 Å². The first-order valence-corrected chi connectivity index (χ1v) is 9.77. The van der Waals surface area contributed by atoms with Crippen molar-refractivity contribution in [1.82, 2.24) is 10.0 Å². The van der Waals surface area contributed by atoms with Crippen LogP contribution in [0.3, 0.4) is 0 Å². The van der Waals surface area contributed by atoms with Gasteiger partial charge in [0, 0.05) is 36.1 Å². The first-order chi connectivity index (χ1) is 10.0. The molecule has 1 aromatic rings. The molecule has 2 N–H and O–H groups in total. The third kappa shape index (κ3) is 4.75. The van der Waals surface area contributed by atoms with Crippen molar-refractivity contribution >= 4 is 21.4 Å². The molecule has 0 spiro atoms. The molecule has 1 aromatic heterocycles. The number of hydrogen-bond donors (Lipinski definition) is 2. The fraction of sp³-hybridized carbons (Fsp3) is 0.714. The second-order valence-electron chi connectivity index (χ2n) is 5.39. The maximum absolute atomic E-state index is 12.4. The molecule has 0 saturated carbocycles. The predicted octanol–water partition coefficient (Wildman–Crippen LogP) is 1.95. The molecule has 2 rings (SSSR count). The monoisotopic (exact) mass is 332 g/mol. The number of ether oxygens (including phenoxy) is 1. The minimum Gasteiger partial charge on any atom is -0.381 e. The Morgan fingerprint density at radius 1 is 1.43 bits per heavy atom. The van der Waals surface area contributed by atoms with Crippen molar-refractivity contribution in [3.05, 3.63) is 16.3 Å². The summed E-state index contributed by atoms with van der Waals surface area (Å²) in [5.74, 6) is 0.355. The zero-order valence-electron chi connectivity index (χ0n) is 12.6. The van der Waals surface area contributed by atoms with E-state index in [0.29, 0.717) is 17.4 Å². The first kappa shape index (κ1) is 16.9. The highest BCUT2D eigenvalue weighted by atomic mass is 32.2. The van der Waals surface area contributed by atoms with Crippen LogP contribution >= 0.6 is 11.3 Å². The summed E-state index contributed by atoms with van der Waals surface area (Å²) in [5.41, 5.74) is 0. The smallest absolute Gasteiger partial charge is 0.241 e. The van der Waals surface area contributed by atoms with E-state index in [9.17, 15) is 8.42 Å². The first-order valence-electron chi connectivity index (χ1n) is 7.41. The van der Waals surface area contributed by atoms with Gasteiger partial charge in [-0.1, -0.05) is 6.92 Å². The summed E-state index contributed by atoms with van der Waals surface area (Å²) >= 11 is 1.48. The van der Waals surface area contributed by atoms with Crippen LogP contribution in [-0.2, 0) is 21.3 Å². The average Bonchev–Trinajstić information content (AvgIpc) is 2.95. The van der Waals surface area contributed by atoms with Crippen LogP contribution in [0.2, 0.25) is 0 Å². The van der Waals surface area contributed by atoms with Crippen molar-refractivity contribution in [2.45, 2.75) is 44.2 Å². The summed E-state index contributed by atoms with van der Waals surface area (Å²) in [7, 11) is -3.42. The van der Waals surface area contributed by atoms with Crippen LogP contribution in [0.4, 0.5) is 0 Å². The Morgan fingerprint density at radius 3 is 2.81 bits per heavy atom. The lowest BCUT2D eigenvalue weighted by Crippen LogP contribution is -2.40. The molecule has 2 heterocycles. The van der Waals surface area contributed by atoms with Crippen molar-refractivity contribution in [2.24, 2.45) is 5.92 Å². The van der Waals surface area contributed by atoms with Crippen LogP contribution in [0, 0.1) is 5.92 Å². The Hall–Kier alpha value is -0.470. The Morgan fingerprint density at radius 2 is 2.14 bits per heavy atom. The topological polar surface area (TPSA) is 67.4 Å². The second kappa shape index (κ2) is 7.69. The van der Waals surface area contributed by atoms with Gasteiger partial charge in [0.1, 0.15) is 0 Å². The highest BCUT2D eigenvalue weighted by Crippen LogP contribution is 2.23. The SMILES string of the molecule is CCNCc1cc(S(=O)(=O)NC(C)C2CCOCC2)cs1. The van der Waals surface area contributed by atoms with Crippen LogP contribution in [0.25, 0.3) is 0 Å². The molecule has 1 unspecified atom stereocenters. The van der Waals surface area contributed by atoms with Gasteiger partial charge in [-0.15, -0.1) is 11.3 Å². The Balaban J connectivity index is 1.98. The summed E-state index contributed by atoms with van der Waals surface area (Å²) in [5, 5.41) is 4.92. The fourth-order valence-electron chi connectivity index (χ4n) is 2.47. The van der Waals surface area contributed by atoms with Crippen molar-refractivity contribution in [3.8, 4) is 0 Å². The summed E-state index contributed by atoms with van der Waals surface area (Å²) in [6.07, 6.45) is 1.83. The third-order valence-electron chi connectivity index (χ3n) is 3.80. The van der Waals surface area contributed by atoms with Crippen molar-refractivity contribution < 1.29 is 13.2 Å². The zero-order valence-corrected chi connectivity index (χ0v) is 14.2. The van der Waals surface area contributed by atoms with E-state index in [4.69, 9.17) is 4.74 Å². The molecule has 21 heavy (non-hydrogen) atoms. The van der Waals surface area contributed by atoms with Crippen molar-refractivity contribution in [1.29, 1.82) is 0 Å². The molecule has 120 valence electrons. The molecule has 0 amide bonds. The quantitative estimate of drug-likeness (QED) is 0.801. The minimum atomic E-state index is -3.42. The highest BCUT2D eigenvalue weighted by Gasteiger charge is 2.26. The molecule has 1 atom stereocenters. The van der Waals surface area contributed by atoms with Gasteiger partial charge >= 0.3 is 0 Å². The van der Waals surface area contributed by atoms with Gasteiger partial charge < -0.3 is 10.1 Å². The second-order valence-corrected chi connectivity index (χ2v) is 8.10. The molecule has 1 saturated heterocycles. The maximum Gasteiger partial charge on any atom is 0.241 e. The van der Waals surface area contributed by atoms with Gasteiger partial charge in [0.2, 0.25) is 10.0 Å². The lowest BCUT2D eigenvalue weighted by Gasteiger charge is -2.28. The van der Waals surface area contributed by atoms with Crippen LogP contribution < -0.4 is 10.0 Å². The van der Waals surface area contributed by atoms with E-state index in [1.54, 1.807) is 11.4 Å². The lowest BCUT2D eigenvalue weighted by molar-refractivity contribution is 0.0585. The Bertz CT molecular complexity index is 536. The average molecular weight is 332 g/mol. The molecule has 5 nitrogen and oxygen atoms in total. The summed E-state index contributed by atoms with van der Waals surface area (Å²) in [4.78, 5) is 1.41. The molecular weight excluding hydrogens is 308 g/mol. The van der Waals surface area contributed by atoms with E-state index in [1.165, 1.54) is 11.3 Å². The molecule has 0 aromatic carbocycles. The standard InChI is InChI=1S/C14H24N2O3S2/c1-3-15-9-13-8-14(10-20-13)21(17,18)16-11(2)12-4-6-19-7-5-12/h8,10-12,15-16H,3-7,9H2,1-2H3. The molecule has 0 bridgehead atoms. The van der Waals surface area contributed by atoms with Crippen molar-refractivity contribution in [3.63, 3.8) is 0 Å². The normalized spacial score (nSPS) is 18.8. The zero-order chi connectivity index (χ0) is 15.3. The van der Waals surface area contributed by atoms with E-state index in [2.05, 4.69) is 10.0 Å². The van der Waals surface area contributed by atoms with E-state index >= 15 is 0 Å². The Kier molecular flexibility index (Phi) is 6.19. The molecule has 0 radical (unpaired) electrons. The maximum atomic E-state index is 12.4.